The molecule has 0 amide bonds. The number of rotatable bonds is 5. The number of hydrogen-bond acceptors (Lipinski definition) is 3. The highest BCUT2D eigenvalue weighted by Gasteiger charge is 2.21. The Balaban J connectivity index is 0.00000280. The zero-order valence-electron chi connectivity index (χ0n) is 14.5. The monoisotopic (exact) mass is 543 g/mol. The molecule has 2 aromatic carbocycles. The minimum absolute atomic E-state index is 0. The molecule has 10 heteroatoms. The zero-order chi connectivity index (χ0) is 19.4. The number of nitrogens with two attached hydrogens (primary N) is 1. The number of hydrogen-bond donors (Lipinski definition) is 2. The maximum atomic E-state index is 12.6. The van der Waals surface area contributed by atoms with Crippen LogP contribution >= 0.6 is 47.2 Å². The van der Waals surface area contributed by atoms with Crippen molar-refractivity contribution in [2.45, 2.75) is 25.6 Å². The van der Waals surface area contributed by atoms with Gasteiger partial charge >= 0.3 is 6.61 Å². The molecule has 0 fully saturated rings. The number of fused-ring (bicyclic) bond motifs is 1. The number of alkyl halides is 2. The zero-order valence-corrected chi connectivity index (χ0v) is 18.3. The second-order valence-electron chi connectivity index (χ2n) is 5.83. The molecule has 0 spiro atoms. The number of guanidine groups is 1. The van der Waals surface area contributed by atoms with E-state index in [-0.39, 0.29) is 58.3 Å². The van der Waals surface area contributed by atoms with Crippen LogP contribution in [0.25, 0.3) is 0 Å². The van der Waals surface area contributed by atoms with Crippen LogP contribution in [-0.4, -0.2) is 19.2 Å². The first kappa shape index (κ1) is 22.8. The Morgan fingerprint density at radius 3 is 2.82 bits per heavy atom. The average molecular weight is 544 g/mol. The van der Waals surface area contributed by atoms with Gasteiger partial charge < -0.3 is 20.5 Å². The molecule has 1 heterocycles. The lowest BCUT2D eigenvalue weighted by atomic mass is 10.0. The van der Waals surface area contributed by atoms with Crippen molar-refractivity contribution in [1.29, 1.82) is 0 Å². The van der Waals surface area contributed by atoms with E-state index in [1.54, 1.807) is 0 Å². The maximum absolute atomic E-state index is 12.6. The third-order valence-corrected chi connectivity index (χ3v) is 4.49. The summed E-state index contributed by atoms with van der Waals surface area (Å²) in [7, 11) is 0. The van der Waals surface area contributed by atoms with Crippen LogP contribution < -0.4 is 20.5 Å². The Hall–Kier alpha value is -1.52. The highest BCUT2D eigenvalue weighted by Crippen LogP contribution is 2.34. The predicted octanol–water partition coefficient (Wildman–Crippen LogP) is 5.14. The molecule has 0 aliphatic carbocycles. The van der Waals surface area contributed by atoms with Gasteiger partial charge in [-0.05, 0) is 18.2 Å². The fourth-order valence-electron chi connectivity index (χ4n) is 2.84. The third kappa shape index (κ3) is 5.74. The fraction of sp³-hybridized carbons (Fsp3) is 0.278. The summed E-state index contributed by atoms with van der Waals surface area (Å²) in [5, 5.41) is 3.40. The lowest BCUT2D eigenvalue weighted by Crippen LogP contribution is -2.37. The van der Waals surface area contributed by atoms with Crippen molar-refractivity contribution in [2.75, 3.05) is 6.61 Å². The van der Waals surface area contributed by atoms with Gasteiger partial charge in [-0.1, -0.05) is 41.4 Å². The molecule has 1 aliphatic rings. The first-order chi connectivity index (χ1) is 12.9. The summed E-state index contributed by atoms with van der Waals surface area (Å²) in [5.41, 5.74) is 7.27. The second-order valence-corrected chi connectivity index (χ2v) is 6.67. The van der Waals surface area contributed by atoms with Gasteiger partial charge in [0.05, 0.1) is 24.2 Å². The number of nitrogens with zero attached hydrogens (tertiary/aromatic N) is 1. The lowest BCUT2D eigenvalue weighted by molar-refractivity contribution is -0.0503. The largest absolute Gasteiger partial charge is 0.493 e. The third-order valence-electron chi connectivity index (χ3n) is 3.99. The van der Waals surface area contributed by atoms with Crippen molar-refractivity contribution < 1.29 is 18.3 Å². The summed E-state index contributed by atoms with van der Waals surface area (Å²) in [6, 6.07) is 10.4. The standard InChI is InChI=1S/C18H17Cl2F2N3O2.HI/c19-11-7-10(16(13(20)8-11)27-17(21)22)9-24-18(23)25-14-5-6-26-15-4-2-1-3-12(14)15;/h1-4,7-8,14,17H,5-6,9H2,(H3,23,24,25);1H. The van der Waals surface area contributed by atoms with E-state index in [2.05, 4.69) is 15.0 Å². The number of ether oxygens (including phenoxy) is 2. The van der Waals surface area contributed by atoms with Crippen molar-refractivity contribution >= 4 is 53.1 Å². The SMILES string of the molecule is I.NC(=NCc1cc(Cl)cc(Cl)c1OC(F)F)NC1CCOc2ccccc21. The van der Waals surface area contributed by atoms with Crippen molar-refractivity contribution in [2.24, 2.45) is 10.7 Å². The van der Waals surface area contributed by atoms with E-state index in [9.17, 15) is 8.78 Å². The van der Waals surface area contributed by atoms with E-state index >= 15 is 0 Å². The lowest BCUT2D eigenvalue weighted by Gasteiger charge is -2.27. The number of aliphatic imine (C=N–C) groups is 1. The topological polar surface area (TPSA) is 68.9 Å². The Morgan fingerprint density at radius 1 is 1.32 bits per heavy atom. The van der Waals surface area contributed by atoms with Gasteiger partial charge in [-0.25, -0.2) is 4.99 Å². The minimum atomic E-state index is -3.01. The molecular formula is C18H18Cl2F2IN3O2. The molecule has 5 nitrogen and oxygen atoms in total. The molecule has 1 atom stereocenters. The van der Waals surface area contributed by atoms with Crippen LogP contribution in [0.5, 0.6) is 11.5 Å². The maximum Gasteiger partial charge on any atom is 0.387 e. The molecule has 3 N–H and O–H groups in total. The van der Waals surface area contributed by atoms with Crippen molar-refractivity contribution in [3.8, 4) is 11.5 Å². The molecule has 152 valence electrons. The van der Waals surface area contributed by atoms with Crippen LogP contribution in [0.4, 0.5) is 8.78 Å². The van der Waals surface area contributed by atoms with Crippen LogP contribution in [0.3, 0.4) is 0 Å². The first-order valence-electron chi connectivity index (χ1n) is 8.15. The minimum Gasteiger partial charge on any atom is -0.493 e. The van der Waals surface area contributed by atoms with Crippen molar-refractivity contribution in [3.05, 3.63) is 57.6 Å². The summed E-state index contributed by atoms with van der Waals surface area (Å²) in [5.74, 6) is 0.795. The summed E-state index contributed by atoms with van der Waals surface area (Å²) >= 11 is 11.9. The highest BCUT2D eigenvalue weighted by molar-refractivity contribution is 14.0. The van der Waals surface area contributed by atoms with E-state index in [0.29, 0.717) is 12.2 Å². The van der Waals surface area contributed by atoms with Gasteiger partial charge in [0.2, 0.25) is 0 Å². The van der Waals surface area contributed by atoms with Crippen LogP contribution in [0, 0.1) is 0 Å². The van der Waals surface area contributed by atoms with Gasteiger partial charge in [-0.2, -0.15) is 8.78 Å². The molecule has 0 bridgehead atoms. The van der Waals surface area contributed by atoms with E-state index in [4.69, 9.17) is 33.7 Å². The molecule has 3 rings (SSSR count). The van der Waals surface area contributed by atoms with Gasteiger partial charge in [-0.15, -0.1) is 24.0 Å². The quantitative estimate of drug-likeness (QED) is 0.311. The number of para-hydroxylation sites is 1. The average Bonchev–Trinajstić information content (AvgIpc) is 2.62. The molecule has 1 unspecified atom stereocenters. The molecule has 0 aromatic heterocycles. The summed E-state index contributed by atoms with van der Waals surface area (Å²) in [6.45, 7) is -2.48. The predicted molar refractivity (Wildman–Crippen MR) is 116 cm³/mol. The molecule has 1 aliphatic heterocycles. The second kappa shape index (κ2) is 10.3. The Labute approximate surface area is 188 Å². The number of benzene rings is 2. The number of halogens is 5. The molecule has 0 radical (unpaired) electrons. The molecule has 0 saturated carbocycles. The molecule has 2 aromatic rings. The first-order valence-corrected chi connectivity index (χ1v) is 8.90. The van der Waals surface area contributed by atoms with Gasteiger partial charge in [0, 0.05) is 22.6 Å². The molecule has 28 heavy (non-hydrogen) atoms. The van der Waals surface area contributed by atoms with Crippen molar-refractivity contribution in [1.82, 2.24) is 5.32 Å². The van der Waals surface area contributed by atoms with Gasteiger partial charge in [-0.3, -0.25) is 0 Å². The van der Waals surface area contributed by atoms with Gasteiger partial charge in [0.1, 0.15) is 11.5 Å². The van der Waals surface area contributed by atoms with E-state index in [1.165, 1.54) is 12.1 Å². The Morgan fingerprint density at radius 2 is 2.07 bits per heavy atom. The van der Waals surface area contributed by atoms with E-state index in [0.717, 1.165) is 17.7 Å². The summed E-state index contributed by atoms with van der Waals surface area (Å²) in [6.07, 6.45) is 0.718. The van der Waals surface area contributed by atoms with Crippen LogP contribution in [0.15, 0.2) is 41.4 Å². The van der Waals surface area contributed by atoms with Crippen LogP contribution in [0.2, 0.25) is 10.0 Å². The Kier molecular flexibility index (Phi) is 8.38. The molecular weight excluding hydrogens is 526 g/mol. The Bertz CT molecular complexity index is 856. The highest BCUT2D eigenvalue weighted by atomic mass is 127. The summed E-state index contributed by atoms with van der Waals surface area (Å²) in [4.78, 5) is 4.21. The van der Waals surface area contributed by atoms with Gasteiger partial charge in [0.15, 0.2) is 5.96 Å². The normalized spacial score (nSPS) is 16.0. The van der Waals surface area contributed by atoms with Crippen LogP contribution in [-0.2, 0) is 6.54 Å². The smallest absolute Gasteiger partial charge is 0.387 e. The van der Waals surface area contributed by atoms with Gasteiger partial charge in [0.25, 0.3) is 0 Å². The molecule has 0 saturated heterocycles. The summed E-state index contributed by atoms with van der Waals surface area (Å²) < 4.78 is 35.4. The fourth-order valence-corrected chi connectivity index (χ4v) is 3.42. The van der Waals surface area contributed by atoms with E-state index in [1.807, 2.05) is 24.3 Å². The van der Waals surface area contributed by atoms with Crippen molar-refractivity contribution in [3.63, 3.8) is 0 Å². The number of nitrogens with one attached hydrogen (secondary N) is 1. The van der Waals surface area contributed by atoms with E-state index < -0.39 is 6.61 Å². The van der Waals surface area contributed by atoms with Crippen LogP contribution in [0.1, 0.15) is 23.6 Å².